The summed E-state index contributed by atoms with van der Waals surface area (Å²) in [6, 6.07) is 20.1. The molecule has 0 aliphatic carbocycles. The summed E-state index contributed by atoms with van der Waals surface area (Å²) in [5, 5.41) is 6.85. The lowest BCUT2D eigenvalue weighted by molar-refractivity contribution is -0.129. The number of esters is 1. The molecule has 0 unspecified atom stereocenters. The Balaban J connectivity index is 1.41. The Morgan fingerprint density at radius 1 is 0.886 bits per heavy atom. The summed E-state index contributed by atoms with van der Waals surface area (Å²) in [7, 11) is 1.59. The SMILES string of the molecule is COc1ccc(/C=C/C(=O)Oc2ccc(/C=N\NC(=O)CNC(=O)c3ccc(Cl)cc3)cc2)cc1. The summed E-state index contributed by atoms with van der Waals surface area (Å²) in [5.74, 6) is -0.313. The van der Waals surface area contributed by atoms with Gasteiger partial charge in [-0.1, -0.05) is 23.7 Å². The molecule has 0 fully saturated rings. The average molecular weight is 492 g/mol. The van der Waals surface area contributed by atoms with Gasteiger partial charge in [0.2, 0.25) is 0 Å². The molecule has 0 saturated carbocycles. The summed E-state index contributed by atoms with van der Waals surface area (Å²) in [4.78, 5) is 35.9. The zero-order chi connectivity index (χ0) is 25.0. The fourth-order valence-electron chi connectivity index (χ4n) is 2.73. The second kappa shape index (κ2) is 12.7. The van der Waals surface area contributed by atoms with Crippen molar-refractivity contribution < 1.29 is 23.9 Å². The molecule has 0 bridgehead atoms. The van der Waals surface area contributed by atoms with Crippen molar-refractivity contribution >= 4 is 41.7 Å². The van der Waals surface area contributed by atoms with E-state index in [1.807, 2.05) is 12.1 Å². The average Bonchev–Trinajstić information content (AvgIpc) is 2.88. The van der Waals surface area contributed by atoms with Crippen molar-refractivity contribution in [2.24, 2.45) is 5.10 Å². The van der Waals surface area contributed by atoms with Crippen LogP contribution >= 0.6 is 11.6 Å². The summed E-state index contributed by atoms with van der Waals surface area (Å²) >= 11 is 5.78. The molecule has 2 N–H and O–H groups in total. The van der Waals surface area contributed by atoms with Crippen LogP contribution in [-0.2, 0) is 9.59 Å². The van der Waals surface area contributed by atoms with Gasteiger partial charge in [0.1, 0.15) is 11.5 Å². The van der Waals surface area contributed by atoms with Gasteiger partial charge >= 0.3 is 5.97 Å². The van der Waals surface area contributed by atoms with Crippen molar-refractivity contribution in [3.63, 3.8) is 0 Å². The van der Waals surface area contributed by atoms with Gasteiger partial charge in [-0.3, -0.25) is 9.59 Å². The van der Waals surface area contributed by atoms with Crippen LogP contribution in [0.15, 0.2) is 84.0 Å². The third kappa shape index (κ3) is 8.45. The lowest BCUT2D eigenvalue weighted by atomic mass is 10.2. The van der Waals surface area contributed by atoms with E-state index < -0.39 is 17.8 Å². The van der Waals surface area contributed by atoms with Crippen LogP contribution in [0.2, 0.25) is 5.02 Å². The predicted molar refractivity (Wildman–Crippen MR) is 134 cm³/mol. The third-order valence-electron chi connectivity index (χ3n) is 4.54. The molecule has 0 radical (unpaired) electrons. The van der Waals surface area contributed by atoms with Crippen LogP contribution in [0.3, 0.4) is 0 Å². The maximum atomic E-state index is 12.0. The fourth-order valence-corrected chi connectivity index (χ4v) is 2.86. The number of hydrogen-bond acceptors (Lipinski definition) is 6. The number of amides is 2. The van der Waals surface area contributed by atoms with Crippen LogP contribution in [0, 0.1) is 0 Å². The number of nitrogens with zero attached hydrogens (tertiary/aromatic N) is 1. The molecule has 0 heterocycles. The number of carbonyl (C=O) groups is 3. The highest BCUT2D eigenvalue weighted by Crippen LogP contribution is 2.14. The molecule has 0 saturated heterocycles. The second-order valence-electron chi connectivity index (χ2n) is 7.08. The van der Waals surface area contributed by atoms with Crippen LogP contribution < -0.4 is 20.2 Å². The molecule has 3 aromatic carbocycles. The predicted octanol–water partition coefficient (Wildman–Crippen LogP) is 3.85. The quantitative estimate of drug-likeness (QED) is 0.155. The van der Waals surface area contributed by atoms with E-state index in [1.54, 1.807) is 73.8 Å². The van der Waals surface area contributed by atoms with Gasteiger partial charge in [0, 0.05) is 16.7 Å². The van der Waals surface area contributed by atoms with Crippen LogP contribution in [0.1, 0.15) is 21.5 Å². The topological polar surface area (TPSA) is 106 Å². The molecule has 8 nitrogen and oxygen atoms in total. The first kappa shape index (κ1) is 25.2. The number of methoxy groups -OCH3 is 1. The second-order valence-corrected chi connectivity index (χ2v) is 7.52. The van der Waals surface area contributed by atoms with Gasteiger partial charge in [-0.05, 0) is 77.9 Å². The Bertz CT molecular complexity index is 1220. The summed E-state index contributed by atoms with van der Waals surface area (Å²) < 4.78 is 10.4. The van der Waals surface area contributed by atoms with E-state index in [-0.39, 0.29) is 6.54 Å². The van der Waals surface area contributed by atoms with E-state index in [0.717, 1.165) is 11.3 Å². The highest BCUT2D eigenvalue weighted by molar-refractivity contribution is 6.30. The van der Waals surface area contributed by atoms with Crippen LogP contribution in [0.5, 0.6) is 11.5 Å². The maximum Gasteiger partial charge on any atom is 0.336 e. The molecule has 3 rings (SSSR count). The Kier molecular flexibility index (Phi) is 9.15. The van der Waals surface area contributed by atoms with E-state index in [4.69, 9.17) is 21.1 Å². The molecule has 0 aromatic heterocycles. The van der Waals surface area contributed by atoms with E-state index in [0.29, 0.717) is 21.9 Å². The van der Waals surface area contributed by atoms with Crippen molar-refractivity contribution in [3.8, 4) is 11.5 Å². The van der Waals surface area contributed by atoms with Crippen molar-refractivity contribution in [1.82, 2.24) is 10.7 Å². The smallest absolute Gasteiger partial charge is 0.336 e. The minimum absolute atomic E-state index is 0.238. The van der Waals surface area contributed by atoms with Gasteiger partial charge < -0.3 is 14.8 Å². The monoisotopic (exact) mass is 491 g/mol. The van der Waals surface area contributed by atoms with Gasteiger partial charge in [-0.2, -0.15) is 5.10 Å². The van der Waals surface area contributed by atoms with E-state index in [2.05, 4.69) is 15.8 Å². The van der Waals surface area contributed by atoms with Gasteiger partial charge in [-0.15, -0.1) is 0 Å². The number of ether oxygens (including phenoxy) is 2. The highest BCUT2D eigenvalue weighted by atomic mass is 35.5. The number of halogens is 1. The maximum absolute atomic E-state index is 12.0. The lowest BCUT2D eigenvalue weighted by Crippen LogP contribution is -2.34. The molecule has 0 aliphatic rings. The molecule has 3 aromatic rings. The van der Waals surface area contributed by atoms with Crippen LogP contribution in [-0.4, -0.2) is 37.7 Å². The first-order valence-corrected chi connectivity index (χ1v) is 10.8. The standard InChI is InChI=1S/C26H22ClN3O5/c1-34-22-11-2-18(3-12-22)6-15-25(32)35-23-13-4-19(5-14-23)16-29-30-24(31)17-28-26(33)20-7-9-21(27)10-8-20/h2-16H,17H2,1H3,(H,28,33)(H,30,31)/b15-6+,29-16-. The Morgan fingerprint density at radius 2 is 1.51 bits per heavy atom. The summed E-state index contributed by atoms with van der Waals surface area (Å²) in [6.45, 7) is -0.238. The normalized spacial score (nSPS) is 10.8. The van der Waals surface area contributed by atoms with E-state index >= 15 is 0 Å². The third-order valence-corrected chi connectivity index (χ3v) is 4.80. The largest absolute Gasteiger partial charge is 0.497 e. The molecular formula is C26H22ClN3O5. The van der Waals surface area contributed by atoms with E-state index in [1.165, 1.54) is 12.3 Å². The molecule has 9 heteroatoms. The Hall–Kier alpha value is -4.43. The van der Waals surface area contributed by atoms with Crippen LogP contribution in [0.4, 0.5) is 0 Å². The minimum Gasteiger partial charge on any atom is -0.497 e. The van der Waals surface area contributed by atoms with E-state index in [9.17, 15) is 14.4 Å². The number of carbonyl (C=O) groups excluding carboxylic acids is 3. The van der Waals surface area contributed by atoms with Gasteiger partial charge in [0.25, 0.3) is 11.8 Å². The molecular weight excluding hydrogens is 470 g/mol. The number of nitrogens with one attached hydrogen (secondary N) is 2. The zero-order valence-corrected chi connectivity index (χ0v) is 19.5. The fraction of sp³-hybridized carbons (Fsp3) is 0.0769. The number of rotatable bonds is 9. The minimum atomic E-state index is -0.518. The van der Waals surface area contributed by atoms with Gasteiger partial charge in [0.05, 0.1) is 19.9 Å². The zero-order valence-electron chi connectivity index (χ0n) is 18.7. The molecule has 0 spiro atoms. The van der Waals surface area contributed by atoms with Crippen molar-refractivity contribution in [1.29, 1.82) is 0 Å². The highest BCUT2D eigenvalue weighted by Gasteiger charge is 2.07. The molecule has 35 heavy (non-hydrogen) atoms. The lowest BCUT2D eigenvalue weighted by Gasteiger charge is -2.04. The molecule has 0 atom stereocenters. The first-order valence-electron chi connectivity index (χ1n) is 10.4. The van der Waals surface area contributed by atoms with Crippen molar-refractivity contribution in [2.75, 3.05) is 13.7 Å². The number of benzene rings is 3. The van der Waals surface area contributed by atoms with Gasteiger partial charge in [0.15, 0.2) is 0 Å². The molecule has 178 valence electrons. The van der Waals surface area contributed by atoms with Crippen molar-refractivity contribution in [2.45, 2.75) is 0 Å². The van der Waals surface area contributed by atoms with Crippen LogP contribution in [0.25, 0.3) is 6.08 Å². The number of hydrogen-bond donors (Lipinski definition) is 2. The molecule has 2 amide bonds. The van der Waals surface area contributed by atoms with Crippen molar-refractivity contribution in [3.05, 3.63) is 101 Å². The number of hydrazone groups is 1. The Labute approximate surface area is 207 Å². The van der Waals surface area contributed by atoms with Gasteiger partial charge in [-0.25, -0.2) is 10.2 Å². The summed E-state index contributed by atoms with van der Waals surface area (Å²) in [5.41, 5.74) is 4.22. The Morgan fingerprint density at radius 3 is 2.17 bits per heavy atom. The molecule has 0 aliphatic heterocycles. The summed E-state index contributed by atoms with van der Waals surface area (Å²) in [6.07, 6.45) is 4.40. The first-order chi connectivity index (χ1) is 16.9.